The molecule has 3 fully saturated rings. The second-order valence-corrected chi connectivity index (χ2v) is 9.25. The van der Waals surface area contributed by atoms with Gasteiger partial charge in [-0.2, -0.15) is 0 Å². The molecule has 7 nitrogen and oxygen atoms in total. The summed E-state index contributed by atoms with van der Waals surface area (Å²) >= 11 is 5.93. The van der Waals surface area contributed by atoms with Gasteiger partial charge in [-0.05, 0) is 73.2 Å². The molecular formula is C23H27ClN4O3. The first-order chi connectivity index (χ1) is 15.0. The number of nitrogens with zero attached hydrogens (tertiary/aromatic N) is 3. The Morgan fingerprint density at radius 3 is 2.74 bits per heavy atom. The van der Waals surface area contributed by atoms with Gasteiger partial charge in [-0.3, -0.25) is 4.79 Å². The van der Waals surface area contributed by atoms with E-state index in [1.54, 1.807) is 19.4 Å². The van der Waals surface area contributed by atoms with Crippen LogP contribution in [0.25, 0.3) is 0 Å². The van der Waals surface area contributed by atoms with Crippen molar-refractivity contribution in [2.45, 2.75) is 38.1 Å². The summed E-state index contributed by atoms with van der Waals surface area (Å²) in [6, 6.07) is 7.53. The maximum absolute atomic E-state index is 13.0. The van der Waals surface area contributed by atoms with Crippen molar-refractivity contribution in [2.24, 2.45) is 11.3 Å². The summed E-state index contributed by atoms with van der Waals surface area (Å²) in [7, 11) is 1.61. The molecular weight excluding hydrogens is 416 g/mol. The predicted octanol–water partition coefficient (Wildman–Crippen LogP) is 3.72. The summed E-state index contributed by atoms with van der Waals surface area (Å²) < 4.78 is 11.2. The van der Waals surface area contributed by atoms with Crippen LogP contribution >= 0.6 is 11.6 Å². The topological polar surface area (TPSA) is 76.6 Å². The van der Waals surface area contributed by atoms with Crippen LogP contribution in [0.3, 0.4) is 0 Å². The summed E-state index contributed by atoms with van der Waals surface area (Å²) in [5.74, 6) is 2.78. The smallest absolute Gasteiger partial charge is 0.251 e. The minimum Gasteiger partial charge on any atom is -0.497 e. The SMILES string of the molecule is COc1cc(OCC2CC2)cc(C(=O)NC2CC23CCN(c2ccnc(Cl)n2)CC3)c1. The molecule has 164 valence electrons. The molecule has 1 saturated heterocycles. The number of hydrogen-bond acceptors (Lipinski definition) is 6. The number of anilines is 1. The zero-order valence-corrected chi connectivity index (χ0v) is 18.4. The highest BCUT2D eigenvalue weighted by Crippen LogP contribution is 2.54. The molecule has 1 amide bonds. The number of methoxy groups -OCH3 is 1. The number of carbonyl (C=O) groups excluding carboxylic acids is 1. The Balaban J connectivity index is 1.19. The number of hydrogen-bond donors (Lipinski definition) is 1. The van der Waals surface area contributed by atoms with Crippen molar-refractivity contribution in [3.8, 4) is 11.5 Å². The van der Waals surface area contributed by atoms with Crippen molar-refractivity contribution < 1.29 is 14.3 Å². The molecule has 3 aliphatic rings. The lowest BCUT2D eigenvalue weighted by Gasteiger charge is -2.33. The molecule has 1 aromatic heterocycles. The van der Waals surface area contributed by atoms with Crippen molar-refractivity contribution in [3.05, 3.63) is 41.3 Å². The van der Waals surface area contributed by atoms with Gasteiger partial charge in [0.05, 0.1) is 13.7 Å². The van der Waals surface area contributed by atoms with Crippen LogP contribution in [0.1, 0.15) is 42.5 Å². The van der Waals surface area contributed by atoms with Gasteiger partial charge in [0.2, 0.25) is 5.28 Å². The number of amides is 1. The van der Waals surface area contributed by atoms with Crippen LogP contribution in [0.15, 0.2) is 30.5 Å². The van der Waals surface area contributed by atoms with E-state index >= 15 is 0 Å². The summed E-state index contributed by atoms with van der Waals surface area (Å²) in [6.45, 7) is 2.50. The van der Waals surface area contributed by atoms with Gasteiger partial charge in [-0.15, -0.1) is 0 Å². The van der Waals surface area contributed by atoms with Crippen molar-refractivity contribution >= 4 is 23.3 Å². The Bertz CT molecular complexity index is 973. The van der Waals surface area contributed by atoms with E-state index in [1.807, 2.05) is 18.2 Å². The fourth-order valence-electron chi connectivity index (χ4n) is 4.43. The number of nitrogens with one attached hydrogen (secondary N) is 1. The third-order valence-electron chi connectivity index (χ3n) is 6.75. The Kier molecular flexibility index (Phi) is 5.38. The van der Waals surface area contributed by atoms with Crippen LogP contribution in [-0.2, 0) is 0 Å². The van der Waals surface area contributed by atoms with Crippen LogP contribution in [0.5, 0.6) is 11.5 Å². The number of ether oxygens (including phenoxy) is 2. The Hall–Kier alpha value is -2.54. The lowest BCUT2D eigenvalue weighted by molar-refractivity contribution is 0.0942. The predicted molar refractivity (Wildman–Crippen MR) is 118 cm³/mol. The first kappa shape index (κ1) is 20.4. The van der Waals surface area contributed by atoms with Crippen LogP contribution in [0.4, 0.5) is 5.82 Å². The van der Waals surface area contributed by atoms with E-state index in [2.05, 4.69) is 20.2 Å². The van der Waals surface area contributed by atoms with Gasteiger partial charge in [-0.1, -0.05) is 0 Å². The van der Waals surface area contributed by atoms with Crippen molar-refractivity contribution in [1.82, 2.24) is 15.3 Å². The molecule has 2 aromatic rings. The summed E-state index contributed by atoms with van der Waals surface area (Å²) in [4.78, 5) is 23.5. The number of carbonyl (C=O) groups is 1. The van der Waals surface area contributed by atoms with E-state index in [9.17, 15) is 4.79 Å². The fraction of sp³-hybridized carbons (Fsp3) is 0.522. The third kappa shape index (κ3) is 4.56. The van der Waals surface area contributed by atoms with Gasteiger partial charge in [0.15, 0.2) is 0 Å². The molecule has 2 saturated carbocycles. The molecule has 0 bridgehead atoms. The molecule has 1 spiro atoms. The van der Waals surface area contributed by atoms with E-state index in [0.717, 1.165) is 38.2 Å². The Morgan fingerprint density at radius 2 is 2.03 bits per heavy atom. The van der Waals surface area contributed by atoms with Crippen LogP contribution in [-0.4, -0.2) is 48.7 Å². The molecule has 1 unspecified atom stereocenters. The average molecular weight is 443 g/mol. The van der Waals surface area contributed by atoms with Crippen LogP contribution in [0, 0.1) is 11.3 Å². The van der Waals surface area contributed by atoms with Crippen molar-refractivity contribution in [2.75, 3.05) is 31.7 Å². The van der Waals surface area contributed by atoms with Gasteiger partial charge in [0.1, 0.15) is 17.3 Å². The van der Waals surface area contributed by atoms with Gasteiger partial charge >= 0.3 is 0 Å². The Labute approximate surface area is 187 Å². The number of aromatic nitrogens is 2. The minimum absolute atomic E-state index is 0.0675. The van der Waals surface area contributed by atoms with E-state index in [4.69, 9.17) is 21.1 Å². The lowest BCUT2D eigenvalue weighted by Crippen LogP contribution is -2.39. The molecule has 2 heterocycles. The first-order valence-corrected chi connectivity index (χ1v) is 11.3. The number of piperidine rings is 1. The van der Waals surface area contributed by atoms with Crippen molar-refractivity contribution in [3.63, 3.8) is 0 Å². The van der Waals surface area contributed by atoms with Crippen LogP contribution < -0.4 is 19.7 Å². The molecule has 1 aliphatic heterocycles. The maximum Gasteiger partial charge on any atom is 0.251 e. The van der Waals surface area contributed by atoms with Crippen molar-refractivity contribution in [1.29, 1.82) is 0 Å². The molecule has 8 heteroatoms. The average Bonchev–Trinajstić information content (AvgIpc) is 3.71. The van der Waals surface area contributed by atoms with Gasteiger partial charge in [0, 0.05) is 37.0 Å². The van der Waals surface area contributed by atoms with E-state index < -0.39 is 0 Å². The highest BCUT2D eigenvalue weighted by Gasteiger charge is 2.55. The highest BCUT2D eigenvalue weighted by atomic mass is 35.5. The molecule has 1 atom stereocenters. The van der Waals surface area contributed by atoms with E-state index in [0.29, 0.717) is 29.6 Å². The minimum atomic E-state index is -0.0675. The summed E-state index contributed by atoms with van der Waals surface area (Å²) in [5, 5.41) is 3.51. The van der Waals surface area contributed by atoms with E-state index in [-0.39, 0.29) is 22.6 Å². The standard InChI is InChI=1S/C23H27ClN4O3/c1-30-17-10-16(11-18(12-17)31-14-15-2-3-15)21(29)26-19-13-23(19)5-8-28(9-6-23)20-4-7-25-22(24)27-20/h4,7,10-12,15,19H,2-3,5-6,8-9,13-14H2,1H3,(H,26,29). The zero-order valence-electron chi connectivity index (χ0n) is 17.6. The molecule has 5 rings (SSSR count). The van der Waals surface area contributed by atoms with Gasteiger partial charge in [-0.25, -0.2) is 9.97 Å². The van der Waals surface area contributed by atoms with Gasteiger partial charge < -0.3 is 19.7 Å². The fourth-order valence-corrected chi connectivity index (χ4v) is 4.57. The molecule has 31 heavy (non-hydrogen) atoms. The largest absolute Gasteiger partial charge is 0.497 e. The maximum atomic E-state index is 13.0. The summed E-state index contributed by atoms with van der Waals surface area (Å²) in [5.41, 5.74) is 0.771. The van der Waals surface area contributed by atoms with E-state index in [1.165, 1.54) is 12.8 Å². The molecule has 0 radical (unpaired) electrons. The third-order valence-corrected chi connectivity index (χ3v) is 6.93. The normalized spacial score (nSPS) is 21.6. The quantitative estimate of drug-likeness (QED) is 0.658. The second kappa shape index (κ2) is 8.19. The number of benzene rings is 1. The monoisotopic (exact) mass is 442 g/mol. The Morgan fingerprint density at radius 1 is 1.26 bits per heavy atom. The first-order valence-electron chi connectivity index (χ1n) is 10.9. The molecule has 1 N–H and O–H groups in total. The zero-order chi connectivity index (χ0) is 21.4. The van der Waals surface area contributed by atoms with Crippen LogP contribution in [0.2, 0.25) is 5.28 Å². The second-order valence-electron chi connectivity index (χ2n) is 8.92. The highest BCUT2D eigenvalue weighted by molar-refractivity contribution is 6.28. The molecule has 1 aromatic carbocycles. The van der Waals surface area contributed by atoms with Gasteiger partial charge in [0.25, 0.3) is 5.91 Å². The summed E-state index contributed by atoms with van der Waals surface area (Å²) in [6.07, 6.45) is 7.20. The number of halogens is 1. The lowest BCUT2D eigenvalue weighted by atomic mass is 9.92. The molecule has 2 aliphatic carbocycles. The number of rotatable bonds is 7.